The monoisotopic (exact) mass is 297 g/mol. The molecule has 2 fully saturated rings. The number of guanidine groups is 1. The number of benzene rings is 1. The lowest BCUT2D eigenvalue weighted by atomic mass is 9.88. The molecule has 0 aromatic heterocycles. The summed E-state index contributed by atoms with van der Waals surface area (Å²) in [6.07, 6.45) is -2.63. The van der Waals surface area contributed by atoms with E-state index >= 15 is 0 Å². The van der Waals surface area contributed by atoms with E-state index in [0.717, 1.165) is 18.9 Å². The molecule has 1 saturated heterocycles. The van der Waals surface area contributed by atoms with Gasteiger partial charge in [0.1, 0.15) is 5.54 Å². The highest BCUT2D eigenvalue weighted by atomic mass is 19.4. The minimum Gasteiger partial charge on any atom is -0.338 e. The van der Waals surface area contributed by atoms with E-state index in [9.17, 15) is 18.0 Å². The van der Waals surface area contributed by atoms with Crippen LogP contribution in [0, 0.1) is 0 Å². The molecule has 1 unspecified atom stereocenters. The van der Waals surface area contributed by atoms with Gasteiger partial charge in [-0.1, -0.05) is 18.2 Å². The Bertz CT molecular complexity index is 622. The Morgan fingerprint density at radius 3 is 2.57 bits per heavy atom. The van der Waals surface area contributed by atoms with Crippen molar-refractivity contribution in [2.75, 3.05) is 0 Å². The van der Waals surface area contributed by atoms with Gasteiger partial charge < -0.3 is 5.32 Å². The van der Waals surface area contributed by atoms with Gasteiger partial charge in [-0.05, 0) is 31.4 Å². The molecule has 1 aromatic carbocycles. The Morgan fingerprint density at radius 2 is 1.95 bits per heavy atom. The molecule has 2 aliphatic rings. The van der Waals surface area contributed by atoms with Gasteiger partial charge in [-0.25, -0.2) is 4.99 Å². The number of hydrogen-bond acceptors (Lipinski definition) is 2. The van der Waals surface area contributed by atoms with Crippen molar-refractivity contribution in [3.8, 4) is 0 Å². The number of nitrogens with zero attached hydrogens (tertiary/aromatic N) is 1. The van der Waals surface area contributed by atoms with Crippen LogP contribution < -0.4 is 10.6 Å². The van der Waals surface area contributed by atoms with Crippen LogP contribution >= 0.6 is 0 Å². The third-order valence-electron chi connectivity index (χ3n) is 3.68. The van der Waals surface area contributed by atoms with Crippen molar-refractivity contribution in [1.29, 1.82) is 0 Å². The molecule has 1 atom stereocenters. The first-order valence-electron chi connectivity index (χ1n) is 6.65. The maximum Gasteiger partial charge on any atom is 0.416 e. The van der Waals surface area contributed by atoms with Gasteiger partial charge >= 0.3 is 6.18 Å². The molecular formula is C14H14F3N3O. The molecule has 112 valence electrons. The number of alkyl halides is 3. The highest BCUT2D eigenvalue weighted by Crippen LogP contribution is 2.37. The van der Waals surface area contributed by atoms with Gasteiger partial charge in [0.15, 0.2) is 5.96 Å². The van der Waals surface area contributed by atoms with Crippen LogP contribution in [0.25, 0.3) is 0 Å². The van der Waals surface area contributed by atoms with Crippen molar-refractivity contribution in [2.45, 2.75) is 37.5 Å². The second-order valence-electron chi connectivity index (χ2n) is 5.46. The van der Waals surface area contributed by atoms with E-state index in [1.165, 1.54) is 25.1 Å². The summed E-state index contributed by atoms with van der Waals surface area (Å²) in [6.45, 7) is 1.43. The third-order valence-corrected chi connectivity index (χ3v) is 3.68. The lowest BCUT2D eigenvalue weighted by Gasteiger charge is -2.25. The number of halogens is 3. The van der Waals surface area contributed by atoms with E-state index in [0.29, 0.717) is 0 Å². The lowest BCUT2D eigenvalue weighted by Crippen LogP contribution is -2.42. The minimum atomic E-state index is -4.52. The van der Waals surface area contributed by atoms with Crippen LogP contribution in [0.15, 0.2) is 29.3 Å². The van der Waals surface area contributed by atoms with E-state index in [2.05, 4.69) is 15.6 Å². The van der Waals surface area contributed by atoms with Crippen molar-refractivity contribution in [1.82, 2.24) is 10.6 Å². The van der Waals surface area contributed by atoms with Gasteiger partial charge in [0, 0.05) is 0 Å². The standard InChI is InChI=1S/C14H14F3N3O/c1-13(9-4-2-3-5-10(9)14(15,16)17)11(21)19-12(20-13)18-8-6-7-8/h2-5,8H,6-7H2,1H3,(H2,18,19,20,21). The van der Waals surface area contributed by atoms with Crippen LogP contribution in [0.5, 0.6) is 0 Å². The van der Waals surface area contributed by atoms with Crippen molar-refractivity contribution in [3.63, 3.8) is 0 Å². The molecule has 0 spiro atoms. The van der Waals surface area contributed by atoms with Crippen molar-refractivity contribution < 1.29 is 18.0 Å². The maximum absolute atomic E-state index is 13.1. The van der Waals surface area contributed by atoms with Crippen LogP contribution in [0.2, 0.25) is 0 Å². The largest absolute Gasteiger partial charge is 0.416 e. The maximum atomic E-state index is 13.1. The average Bonchev–Trinajstić information content (AvgIpc) is 3.16. The zero-order valence-corrected chi connectivity index (χ0v) is 11.3. The molecule has 1 aliphatic carbocycles. The molecule has 1 aliphatic heterocycles. The summed E-state index contributed by atoms with van der Waals surface area (Å²) in [5, 5.41) is 5.33. The summed E-state index contributed by atoms with van der Waals surface area (Å²) in [6, 6.07) is 5.25. The second kappa shape index (κ2) is 4.47. The Labute approximate surface area is 119 Å². The fraction of sp³-hybridized carbons (Fsp3) is 0.429. The van der Waals surface area contributed by atoms with E-state index in [-0.39, 0.29) is 17.6 Å². The number of rotatable bonds is 2. The van der Waals surface area contributed by atoms with Crippen molar-refractivity contribution in [3.05, 3.63) is 35.4 Å². The van der Waals surface area contributed by atoms with Gasteiger partial charge in [-0.3, -0.25) is 10.1 Å². The fourth-order valence-corrected chi connectivity index (χ4v) is 2.36. The second-order valence-corrected chi connectivity index (χ2v) is 5.46. The topological polar surface area (TPSA) is 53.5 Å². The fourth-order valence-electron chi connectivity index (χ4n) is 2.36. The summed E-state index contributed by atoms with van der Waals surface area (Å²) >= 11 is 0. The highest BCUT2D eigenvalue weighted by molar-refractivity contribution is 6.09. The summed E-state index contributed by atoms with van der Waals surface area (Å²) in [5.74, 6) is -0.277. The van der Waals surface area contributed by atoms with Crippen LogP contribution in [0.4, 0.5) is 13.2 Å². The van der Waals surface area contributed by atoms with Crippen molar-refractivity contribution in [2.24, 2.45) is 4.99 Å². The molecule has 1 saturated carbocycles. The molecule has 3 rings (SSSR count). The van der Waals surface area contributed by atoms with Gasteiger partial charge in [0.2, 0.25) is 0 Å². The minimum absolute atomic E-state index is 0.101. The molecule has 7 heteroatoms. The summed E-state index contributed by atoms with van der Waals surface area (Å²) in [7, 11) is 0. The van der Waals surface area contributed by atoms with Gasteiger partial charge in [-0.2, -0.15) is 13.2 Å². The first-order chi connectivity index (χ1) is 9.80. The average molecular weight is 297 g/mol. The van der Waals surface area contributed by atoms with Crippen LogP contribution in [0.3, 0.4) is 0 Å². The molecule has 4 nitrogen and oxygen atoms in total. The zero-order chi connectivity index (χ0) is 15.3. The molecule has 1 aromatic rings. The van der Waals surface area contributed by atoms with E-state index < -0.39 is 23.2 Å². The van der Waals surface area contributed by atoms with Gasteiger partial charge in [-0.15, -0.1) is 0 Å². The molecule has 21 heavy (non-hydrogen) atoms. The first-order valence-corrected chi connectivity index (χ1v) is 6.65. The number of carbonyl (C=O) groups excluding carboxylic acids is 1. The Balaban J connectivity index is 2.01. The zero-order valence-electron chi connectivity index (χ0n) is 11.3. The van der Waals surface area contributed by atoms with Crippen LogP contribution in [-0.4, -0.2) is 17.9 Å². The molecule has 1 amide bonds. The molecule has 2 N–H and O–H groups in total. The summed E-state index contributed by atoms with van der Waals surface area (Å²) in [4.78, 5) is 16.4. The number of nitrogens with one attached hydrogen (secondary N) is 2. The SMILES string of the molecule is CC1(c2ccccc2C(F)(F)F)NC(=NC2CC2)NC1=O. The van der Waals surface area contributed by atoms with Gasteiger partial charge in [0.05, 0.1) is 11.6 Å². The molecular weight excluding hydrogens is 283 g/mol. The Hall–Kier alpha value is -2.05. The number of amides is 1. The van der Waals surface area contributed by atoms with E-state index in [4.69, 9.17) is 0 Å². The highest BCUT2D eigenvalue weighted by Gasteiger charge is 2.47. The lowest BCUT2D eigenvalue weighted by molar-refractivity contribution is -0.139. The first kappa shape index (κ1) is 13.9. The number of carbonyl (C=O) groups is 1. The predicted molar refractivity (Wildman–Crippen MR) is 70.5 cm³/mol. The number of aliphatic imine (C=N–C) groups is 1. The van der Waals surface area contributed by atoms with E-state index in [1.807, 2.05) is 0 Å². The van der Waals surface area contributed by atoms with Crippen LogP contribution in [-0.2, 0) is 16.5 Å². The number of hydrogen-bond donors (Lipinski definition) is 2. The Kier molecular flexibility index (Phi) is 2.96. The normalized spacial score (nSPS) is 27.6. The summed E-state index contributed by atoms with van der Waals surface area (Å²) < 4.78 is 39.4. The quantitative estimate of drug-likeness (QED) is 0.879. The molecule has 0 radical (unpaired) electrons. The van der Waals surface area contributed by atoms with Crippen molar-refractivity contribution >= 4 is 11.9 Å². The Morgan fingerprint density at radius 1 is 1.29 bits per heavy atom. The summed E-state index contributed by atoms with van der Waals surface area (Å²) in [5.41, 5.74) is -2.39. The third kappa shape index (κ3) is 2.48. The molecule has 1 heterocycles. The smallest absolute Gasteiger partial charge is 0.338 e. The van der Waals surface area contributed by atoms with Crippen LogP contribution in [0.1, 0.15) is 30.9 Å². The molecule has 0 bridgehead atoms. The van der Waals surface area contributed by atoms with E-state index in [1.54, 1.807) is 0 Å². The van der Waals surface area contributed by atoms with Gasteiger partial charge in [0.25, 0.3) is 5.91 Å². The predicted octanol–water partition coefficient (Wildman–Crippen LogP) is 2.16.